The highest BCUT2D eigenvalue weighted by molar-refractivity contribution is 5.95. The van der Waals surface area contributed by atoms with Crippen molar-refractivity contribution in [2.24, 2.45) is 5.92 Å². The number of ether oxygens (including phenoxy) is 2. The summed E-state index contributed by atoms with van der Waals surface area (Å²) in [6.45, 7) is 3.85. The van der Waals surface area contributed by atoms with E-state index in [0.29, 0.717) is 13.0 Å². The fraction of sp³-hybridized carbons (Fsp3) is 0.700. The van der Waals surface area contributed by atoms with Crippen molar-refractivity contribution in [3.63, 3.8) is 0 Å². The van der Waals surface area contributed by atoms with Crippen LogP contribution < -0.4 is 10.6 Å². The summed E-state index contributed by atoms with van der Waals surface area (Å²) in [6, 6.07) is -0.741. The number of likely N-dealkylation sites (tertiary alicyclic amines) is 1. The van der Waals surface area contributed by atoms with Crippen LogP contribution in [0.1, 0.15) is 52.4 Å². The maximum absolute atomic E-state index is 12.6. The van der Waals surface area contributed by atoms with E-state index in [1.165, 1.54) is 0 Å². The Balaban J connectivity index is 1.66. The van der Waals surface area contributed by atoms with Gasteiger partial charge in [-0.05, 0) is 26.2 Å². The Hall–Kier alpha value is -2.58. The molecule has 0 aromatic carbocycles. The Bertz CT molecular complexity index is 713. The molecule has 0 aromatic heterocycles. The van der Waals surface area contributed by atoms with Gasteiger partial charge in [-0.15, -0.1) is 0 Å². The Morgan fingerprint density at radius 3 is 2.52 bits per heavy atom. The van der Waals surface area contributed by atoms with Gasteiger partial charge >= 0.3 is 18.0 Å². The molecule has 3 aliphatic rings. The van der Waals surface area contributed by atoms with Crippen molar-refractivity contribution in [1.29, 1.82) is 0 Å². The SMILES string of the molecule is CCOC(=O)C1=C(COC(=O)[C@@H]2CC(=O)N(C3CCCC3)C2)NC(=O)N[C@H]1CC. The van der Waals surface area contributed by atoms with E-state index in [-0.39, 0.29) is 42.9 Å². The highest BCUT2D eigenvalue weighted by atomic mass is 16.5. The maximum Gasteiger partial charge on any atom is 0.338 e. The fourth-order valence-electron chi connectivity index (χ4n) is 4.30. The molecule has 2 atom stereocenters. The first-order valence-electron chi connectivity index (χ1n) is 10.4. The second-order valence-electron chi connectivity index (χ2n) is 7.67. The first-order chi connectivity index (χ1) is 13.9. The predicted molar refractivity (Wildman–Crippen MR) is 102 cm³/mol. The van der Waals surface area contributed by atoms with Gasteiger partial charge in [-0.3, -0.25) is 9.59 Å². The zero-order chi connectivity index (χ0) is 21.0. The van der Waals surface area contributed by atoms with Crippen LogP contribution in [0.3, 0.4) is 0 Å². The number of amides is 3. The van der Waals surface area contributed by atoms with Crippen molar-refractivity contribution in [2.45, 2.75) is 64.5 Å². The van der Waals surface area contributed by atoms with Gasteiger partial charge in [-0.1, -0.05) is 19.8 Å². The molecule has 1 aliphatic carbocycles. The second kappa shape index (κ2) is 9.28. The van der Waals surface area contributed by atoms with Crippen LogP contribution in [-0.4, -0.2) is 60.6 Å². The first kappa shape index (κ1) is 21.1. The van der Waals surface area contributed by atoms with Gasteiger partial charge < -0.3 is 25.0 Å². The molecule has 0 radical (unpaired) electrons. The Morgan fingerprint density at radius 2 is 1.86 bits per heavy atom. The minimum Gasteiger partial charge on any atom is -0.463 e. The molecule has 160 valence electrons. The lowest BCUT2D eigenvalue weighted by molar-refractivity contribution is -0.148. The van der Waals surface area contributed by atoms with Crippen LogP contribution in [0.25, 0.3) is 0 Å². The largest absolute Gasteiger partial charge is 0.463 e. The standard InChI is InChI=1S/C20H29N3O6/c1-3-14-17(19(26)28-4-2)15(22-20(27)21-14)11-29-18(25)12-9-16(24)23(10-12)13-7-5-6-8-13/h12-14H,3-11H2,1-2H3,(H2,21,22,27)/t12-,14+/m1/s1. The minimum atomic E-state index is -0.554. The molecule has 2 N–H and O–H groups in total. The molecule has 3 rings (SSSR count). The van der Waals surface area contributed by atoms with Crippen molar-refractivity contribution >= 4 is 23.9 Å². The predicted octanol–water partition coefficient (Wildman–Crippen LogP) is 1.23. The normalized spacial score (nSPS) is 25.1. The summed E-state index contributed by atoms with van der Waals surface area (Å²) in [5.41, 5.74) is 0.487. The number of urea groups is 1. The molecular formula is C20H29N3O6. The number of carbonyl (C=O) groups excluding carboxylic acids is 4. The molecule has 9 nitrogen and oxygen atoms in total. The summed E-state index contributed by atoms with van der Waals surface area (Å²) in [7, 11) is 0. The van der Waals surface area contributed by atoms with Gasteiger partial charge in [0.1, 0.15) is 6.61 Å². The highest BCUT2D eigenvalue weighted by Gasteiger charge is 2.40. The number of rotatable bonds is 7. The van der Waals surface area contributed by atoms with E-state index in [1.807, 2.05) is 11.8 Å². The number of carbonyl (C=O) groups is 4. The lowest BCUT2D eigenvalue weighted by Crippen LogP contribution is -2.51. The van der Waals surface area contributed by atoms with Crippen LogP contribution >= 0.6 is 0 Å². The molecule has 2 fully saturated rings. The van der Waals surface area contributed by atoms with Crippen LogP contribution in [0.5, 0.6) is 0 Å². The van der Waals surface area contributed by atoms with Gasteiger partial charge in [-0.2, -0.15) is 0 Å². The van der Waals surface area contributed by atoms with Crippen molar-refractivity contribution in [3.8, 4) is 0 Å². The quantitative estimate of drug-likeness (QED) is 0.614. The fourth-order valence-corrected chi connectivity index (χ4v) is 4.30. The third-order valence-corrected chi connectivity index (χ3v) is 5.76. The van der Waals surface area contributed by atoms with E-state index in [9.17, 15) is 19.2 Å². The van der Waals surface area contributed by atoms with Crippen LogP contribution in [-0.2, 0) is 23.9 Å². The summed E-state index contributed by atoms with van der Waals surface area (Å²) in [5.74, 6) is -1.57. The van der Waals surface area contributed by atoms with Crippen molar-refractivity contribution in [3.05, 3.63) is 11.3 Å². The third-order valence-electron chi connectivity index (χ3n) is 5.76. The number of hydrogen-bond acceptors (Lipinski definition) is 6. The smallest absolute Gasteiger partial charge is 0.338 e. The molecule has 2 aliphatic heterocycles. The second-order valence-corrected chi connectivity index (χ2v) is 7.67. The monoisotopic (exact) mass is 407 g/mol. The third kappa shape index (κ3) is 4.71. The van der Waals surface area contributed by atoms with E-state index >= 15 is 0 Å². The Morgan fingerprint density at radius 1 is 1.14 bits per heavy atom. The van der Waals surface area contributed by atoms with Crippen LogP contribution in [0.4, 0.5) is 4.79 Å². The van der Waals surface area contributed by atoms with E-state index in [2.05, 4.69) is 10.6 Å². The average Bonchev–Trinajstić information content (AvgIpc) is 3.35. The lowest BCUT2D eigenvalue weighted by atomic mass is 10.0. The minimum absolute atomic E-state index is 0.00788. The average molecular weight is 407 g/mol. The van der Waals surface area contributed by atoms with Gasteiger partial charge in [0.2, 0.25) is 5.91 Å². The topological polar surface area (TPSA) is 114 Å². The molecule has 0 bridgehead atoms. The van der Waals surface area contributed by atoms with E-state index in [0.717, 1.165) is 25.7 Å². The highest BCUT2D eigenvalue weighted by Crippen LogP contribution is 2.30. The molecule has 9 heteroatoms. The maximum atomic E-state index is 12.6. The Labute approximate surface area is 170 Å². The van der Waals surface area contributed by atoms with Gasteiger partial charge in [0, 0.05) is 19.0 Å². The molecule has 1 saturated carbocycles. The summed E-state index contributed by atoms with van der Waals surface area (Å²) in [6.07, 6.45) is 4.83. The summed E-state index contributed by atoms with van der Waals surface area (Å²) < 4.78 is 10.5. The summed E-state index contributed by atoms with van der Waals surface area (Å²) in [5, 5.41) is 5.22. The zero-order valence-electron chi connectivity index (χ0n) is 17.0. The molecule has 1 saturated heterocycles. The molecule has 3 amide bonds. The van der Waals surface area contributed by atoms with Gasteiger partial charge in [0.15, 0.2) is 0 Å². The zero-order valence-corrected chi connectivity index (χ0v) is 17.0. The first-order valence-corrected chi connectivity index (χ1v) is 10.4. The van der Waals surface area contributed by atoms with E-state index in [1.54, 1.807) is 6.92 Å². The summed E-state index contributed by atoms with van der Waals surface area (Å²) in [4.78, 5) is 50.9. The van der Waals surface area contributed by atoms with Crippen molar-refractivity contribution in [2.75, 3.05) is 19.8 Å². The molecule has 0 aromatic rings. The molecule has 2 heterocycles. The van der Waals surface area contributed by atoms with E-state index in [4.69, 9.17) is 9.47 Å². The number of nitrogens with one attached hydrogen (secondary N) is 2. The van der Waals surface area contributed by atoms with Gasteiger partial charge in [0.05, 0.1) is 29.8 Å². The molecule has 0 unspecified atom stereocenters. The summed E-state index contributed by atoms with van der Waals surface area (Å²) >= 11 is 0. The molecular weight excluding hydrogens is 378 g/mol. The Kier molecular flexibility index (Phi) is 6.76. The lowest BCUT2D eigenvalue weighted by Gasteiger charge is -2.28. The van der Waals surface area contributed by atoms with Crippen LogP contribution in [0.2, 0.25) is 0 Å². The number of hydrogen-bond donors (Lipinski definition) is 2. The van der Waals surface area contributed by atoms with Crippen LogP contribution in [0.15, 0.2) is 11.3 Å². The van der Waals surface area contributed by atoms with Gasteiger partial charge in [0.25, 0.3) is 0 Å². The van der Waals surface area contributed by atoms with Crippen molar-refractivity contribution in [1.82, 2.24) is 15.5 Å². The number of nitrogens with zero attached hydrogens (tertiary/aromatic N) is 1. The van der Waals surface area contributed by atoms with Crippen molar-refractivity contribution < 1.29 is 28.7 Å². The van der Waals surface area contributed by atoms with Crippen LogP contribution in [0, 0.1) is 5.92 Å². The molecule has 0 spiro atoms. The number of esters is 2. The van der Waals surface area contributed by atoms with E-state index < -0.39 is 29.9 Å². The molecule has 29 heavy (non-hydrogen) atoms. The van der Waals surface area contributed by atoms with Gasteiger partial charge in [-0.25, -0.2) is 9.59 Å².